The highest BCUT2D eigenvalue weighted by atomic mass is 127. The highest BCUT2D eigenvalue weighted by Gasteiger charge is 2.15. The predicted octanol–water partition coefficient (Wildman–Crippen LogP) is 5.87. The van der Waals surface area contributed by atoms with E-state index in [2.05, 4.69) is 19.5 Å². The Bertz CT molecular complexity index is 1490. The summed E-state index contributed by atoms with van der Waals surface area (Å²) in [5.41, 5.74) is 3.86. The van der Waals surface area contributed by atoms with Gasteiger partial charge in [-0.1, -0.05) is 17.7 Å². The Morgan fingerprint density at radius 2 is 2.00 bits per heavy atom. The Morgan fingerprint density at radius 3 is 2.81 bits per heavy atom. The number of hydrogen-bond acceptors (Lipinski definition) is 4. The summed E-state index contributed by atoms with van der Waals surface area (Å²) in [6.45, 7) is 0. The molecule has 0 aliphatic heterocycles. The molecule has 0 unspecified atom stereocenters. The Labute approximate surface area is 194 Å². The number of carboxylic acid groups (broad SMARTS) is 1. The molecule has 2 aromatic carbocycles. The number of fused-ring (bicyclic) bond motifs is 2. The number of aromatic carboxylic acids is 1. The molecule has 0 bridgehead atoms. The minimum atomic E-state index is -1.02. The van der Waals surface area contributed by atoms with Crippen LogP contribution in [0.2, 0.25) is 5.02 Å². The van der Waals surface area contributed by atoms with Crippen LogP contribution in [0.1, 0.15) is 10.4 Å². The van der Waals surface area contributed by atoms with Gasteiger partial charge in [-0.05, 0) is 65.1 Å². The van der Waals surface area contributed by atoms with Crippen LogP contribution >= 0.6 is 34.2 Å². The molecule has 3 heterocycles. The van der Waals surface area contributed by atoms with Gasteiger partial charge in [0, 0.05) is 33.3 Å². The first kappa shape index (κ1) is 19.8. The second-order valence-corrected chi connectivity index (χ2v) is 8.55. The molecule has 7 nitrogen and oxygen atoms in total. The van der Waals surface area contributed by atoms with E-state index >= 15 is 0 Å². The summed E-state index contributed by atoms with van der Waals surface area (Å²) in [6.07, 6.45) is 2.00. The lowest BCUT2D eigenvalue weighted by molar-refractivity contribution is 0.0695. The van der Waals surface area contributed by atoms with Gasteiger partial charge in [0.2, 0.25) is 0 Å². The Hall–Kier alpha value is -3.11. The molecule has 154 valence electrons. The van der Waals surface area contributed by atoms with E-state index < -0.39 is 5.97 Å². The lowest BCUT2D eigenvalue weighted by Gasteiger charge is -2.04. The molecule has 5 rings (SSSR count). The molecule has 3 aromatic heterocycles. The van der Waals surface area contributed by atoms with Gasteiger partial charge in [-0.25, -0.2) is 9.78 Å². The molecule has 0 saturated carbocycles. The molecule has 31 heavy (non-hydrogen) atoms. The molecular formula is C22H14ClIN4O3. The number of H-pyrrole nitrogens is 1. The van der Waals surface area contributed by atoms with Crippen molar-refractivity contribution < 1.29 is 14.6 Å². The van der Waals surface area contributed by atoms with Gasteiger partial charge < -0.3 is 19.4 Å². The number of nitrogens with one attached hydrogen (secondary N) is 1. The van der Waals surface area contributed by atoms with Crippen molar-refractivity contribution in [3.8, 4) is 23.0 Å². The number of carboxylic acids is 1. The lowest BCUT2D eigenvalue weighted by atomic mass is 10.1. The first-order valence-corrected chi connectivity index (χ1v) is 10.7. The van der Waals surface area contributed by atoms with E-state index in [0.29, 0.717) is 31.2 Å². The fourth-order valence-corrected chi connectivity index (χ4v) is 4.25. The summed E-state index contributed by atoms with van der Waals surface area (Å²) in [5, 5.41) is 10.9. The third kappa shape index (κ3) is 3.61. The standard InChI is InChI=1S/C22H14ClIN4O3/c1-28-7-6-11-8-12(2-5-18(11)28)19-15(23)10-17-20(26-19)27-22(25-17)31-13-3-4-16(24)14(9-13)21(29)30/h2-10H,1H3,(H,29,30)(H,25,26,27). The molecule has 0 radical (unpaired) electrons. The fourth-order valence-electron chi connectivity index (χ4n) is 3.42. The Kier molecular flexibility index (Phi) is 4.82. The molecule has 0 atom stereocenters. The van der Waals surface area contributed by atoms with E-state index in [1.165, 1.54) is 6.07 Å². The van der Waals surface area contributed by atoms with Crippen molar-refractivity contribution in [1.29, 1.82) is 0 Å². The zero-order valence-electron chi connectivity index (χ0n) is 16.1. The smallest absolute Gasteiger partial charge is 0.336 e. The molecule has 0 aliphatic carbocycles. The zero-order chi connectivity index (χ0) is 21.7. The maximum absolute atomic E-state index is 11.4. The van der Waals surface area contributed by atoms with Crippen LogP contribution in [0.3, 0.4) is 0 Å². The molecule has 0 saturated heterocycles. The van der Waals surface area contributed by atoms with Gasteiger partial charge in [0.05, 0.1) is 21.8 Å². The first-order chi connectivity index (χ1) is 14.9. The van der Waals surface area contributed by atoms with E-state index in [1.807, 2.05) is 60.1 Å². The molecule has 5 aromatic rings. The number of hydrogen-bond donors (Lipinski definition) is 2. The second-order valence-electron chi connectivity index (χ2n) is 6.98. The average Bonchev–Trinajstić information content (AvgIpc) is 3.30. The van der Waals surface area contributed by atoms with Crippen LogP contribution in [-0.4, -0.2) is 30.6 Å². The normalized spacial score (nSPS) is 11.3. The van der Waals surface area contributed by atoms with Crippen LogP contribution < -0.4 is 4.74 Å². The number of halogens is 2. The Morgan fingerprint density at radius 1 is 1.16 bits per heavy atom. The van der Waals surface area contributed by atoms with Crippen molar-refractivity contribution >= 4 is 62.2 Å². The third-order valence-corrected chi connectivity index (χ3v) is 6.18. The van der Waals surface area contributed by atoms with E-state index in [0.717, 1.165) is 16.5 Å². The van der Waals surface area contributed by atoms with Crippen LogP contribution in [0.5, 0.6) is 11.8 Å². The molecule has 0 amide bonds. The van der Waals surface area contributed by atoms with Crippen LogP contribution in [0.25, 0.3) is 33.3 Å². The van der Waals surface area contributed by atoms with Crippen molar-refractivity contribution in [3.05, 3.63) is 68.9 Å². The third-order valence-electron chi connectivity index (χ3n) is 4.95. The van der Waals surface area contributed by atoms with Crippen LogP contribution in [0.15, 0.2) is 54.7 Å². The van der Waals surface area contributed by atoms with Gasteiger partial charge in [0.25, 0.3) is 0 Å². The van der Waals surface area contributed by atoms with E-state index in [-0.39, 0.29) is 11.6 Å². The monoisotopic (exact) mass is 544 g/mol. The number of nitrogens with zero attached hydrogens (tertiary/aromatic N) is 3. The van der Waals surface area contributed by atoms with Crippen LogP contribution in [0.4, 0.5) is 0 Å². The second kappa shape index (κ2) is 7.54. The summed E-state index contributed by atoms with van der Waals surface area (Å²) >= 11 is 8.48. The van der Waals surface area contributed by atoms with Gasteiger partial charge in [0.15, 0.2) is 5.65 Å². The predicted molar refractivity (Wildman–Crippen MR) is 127 cm³/mol. The maximum atomic E-state index is 11.4. The zero-order valence-corrected chi connectivity index (χ0v) is 19.0. The molecule has 2 N–H and O–H groups in total. The molecule has 0 fully saturated rings. The molecule has 9 heteroatoms. The molecule has 0 spiro atoms. The highest BCUT2D eigenvalue weighted by molar-refractivity contribution is 14.1. The van der Waals surface area contributed by atoms with E-state index in [9.17, 15) is 9.90 Å². The van der Waals surface area contributed by atoms with Gasteiger partial charge in [0.1, 0.15) is 5.75 Å². The Balaban J connectivity index is 1.52. The van der Waals surface area contributed by atoms with Gasteiger partial charge in [-0.2, -0.15) is 4.98 Å². The lowest BCUT2D eigenvalue weighted by Crippen LogP contribution is -2.00. The highest BCUT2D eigenvalue weighted by Crippen LogP contribution is 2.32. The van der Waals surface area contributed by atoms with Crippen molar-refractivity contribution in [2.45, 2.75) is 0 Å². The molecule has 0 aliphatic rings. The number of carbonyl (C=O) groups is 1. The number of aromatic nitrogens is 4. The summed E-state index contributed by atoms with van der Waals surface area (Å²) in [5.74, 6) is -0.661. The number of rotatable bonds is 4. The van der Waals surface area contributed by atoms with Gasteiger partial charge in [-0.15, -0.1) is 0 Å². The first-order valence-electron chi connectivity index (χ1n) is 9.21. The number of aryl methyl sites for hydroxylation is 1. The minimum Gasteiger partial charge on any atom is -0.478 e. The van der Waals surface area contributed by atoms with Gasteiger partial charge in [-0.3, -0.25) is 0 Å². The van der Waals surface area contributed by atoms with Crippen molar-refractivity contribution in [3.63, 3.8) is 0 Å². The maximum Gasteiger partial charge on any atom is 0.336 e. The summed E-state index contributed by atoms with van der Waals surface area (Å²) in [4.78, 5) is 23.4. The van der Waals surface area contributed by atoms with Crippen molar-refractivity contribution in [2.24, 2.45) is 7.05 Å². The number of pyridine rings is 1. The minimum absolute atomic E-state index is 0.161. The van der Waals surface area contributed by atoms with Crippen LogP contribution in [0, 0.1) is 3.57 Å². The average molecular weight is 545 g/mol. The quantitative estimate of drug-likeness (QED) is 0.276. The van der Waals surface area contributed by atoms with Crippen molar-refractivity contribution in [2.75, 3.05) is 0 Å². The SMILES string of the molecule is Cn1ccc2cc(-c3nc4nc(Oc5ccc(I)c(C(=O)O)c5)[nH]c4cc3Cl)ccc21. The number of ether oxygens (including phenoxy) is 1. The summed E-state index contributed by atoms with van der Waals surface area (Å²) in [6, 6.07) is 14.9. The topological polar surface area (TPSA) is 93.0 Å². The number of imidazole rings is 1. The summed E-state index contributed by atoms with van der Waals surface area (Å²) < 4.78 is 8.41. The number of aromatic amines is 1. The van der Waals surface area contributed by atoms with Gasteiger partial charge >= 0.3 is 12.0 Å². The van der Waals surface area contributed by atoms with Crippen LogP contribution in [-0.2, 0) is 7.05 Å². The fraction of sp³-hybridized carbons (Fsp3) is 0.0455. The molecular weight excluding hydrogens is 531 g/mol. The van der Waals surface area contributed by atoms with Crippen molar-refractivity contribution in [1.82, 2.24) is 19.5 Å². The van der Waals surface area contributed by atoms with E-state index in [4.69, 9.17) is 16.3 Å². The van der Waals surface area contributed by atoms with E-state index in [1.54, 1.807) is 18.2 Å². The number of benzene rings is 2. The largest absolute Gasteiger partial charge is 0.478 e. The summed E-state index contributed by atoms with van der Waals surface area (Å²) in [7, 11) is 2.00.